The number of pyridine rings is 2. The number of carbonyl (C=O) groups excluding carboxylic acids is 2. The summed E-state index contributed by atoms with van der Waals surface area (Å²) < 4.78 is 15.8. The number of hydrogen-bond acceptors (Lipinski definition) is 8. The van der Waals surface area contributed by atoms with Crippen LogP contribution in [0, 0.1) is 0 Å². The van der Waals surface area contributed by atoms with Gasteiger partial charge in [0.15, 0.2) is 11.5 Å². The van der Waals surface area contributed by atoms with Crippen LogP contribution in [0.1, 0.15) is 0 Å². The second-order valence-corrected chi connectivity index (χ2v) is 11.6. The average Bonchev–Trinajstić information content (AvgIpc) is 3.69. The van der Waals surface area contributed by atoms with Gasteiger partial charge in [-0.05, 0) is 48.5 Å². The first-order valence-electron chi connectivity index (χ1n) is 15.9. The van der Waals surface area contributed by atoms with Crippen molar-refractivity contribution in [3.8, 4) is 11.5 Å². The Morgan fingerprint density at radius 3 is 1.32 bits per heavy atom. The molecule has 0 fully saturated rings. The summed E-state index contributed by atoms with van der Waals surface area (Å²) in [5.41, 5.74) is 5.07. The third-order valence-electron chi connectivity index (χ3n) is 8.72. The minimum Gasteiger partial charge on any atom is -0.421 e. The Morgan fingerprint density at radius 2 is 0.900 bits per heavy atom. The Morgan fingerprint density at radius 1 is 0.520 bits per heavy atom. The first kappa shape index (κ1) is 30.4. The molecule has 244 valence electrons. The van der Waals surface area contributed by atoms with Crippen LogP contribution in [0.3, 0.4) is 0 Å². The molecule has 0 aliphatic carbocycles. The summed E-state index contributed by atoms with van der Waals surface area (Å²) in [5.74, 6) is -0.753. The molecule has 0 saturated carbocycles. The van der Waals surface area contributed by atoms with E-state index in [1.807, 2.05) is 131 Å². The van der Waals surface area contributed by atoms with Crippen molar-refractivity contribution < 1.29 is 19.1 Å². The molecule has 8 rings (SSSR count). The number of rotatable bonds is 8. The third-order valence-corrected chi connectivity index (χ3v) is 8.72. The fraction of sp³-hybridized carbons (Fsp3) is 0.0500. The molecule has 0 amide bonds. The molecular weight excluding hydrogens is 628 g/mol. The topological polar surface area (TPSA) is 94.7 Å². The van der Waals surface area contributed by atoms with Crippen molar-refractivity contribution in [1.82, 2.24) is 19.3 Å². The number of nitrogens with zero attached hydrogens (tertiary/aromatic N) is 6. The maximum absolute atomic E-state index is 13.2. The number of para-hydroxylation sites is 4. The first-order valence-corrected chi connectivity index (χ1v) is 15.9. The number of aromatic nitrogens is 4. The number of benzene rings is 4. The molecule has 50 heavy (non-hydrogen) atoms. The Hall–Kier alpha value is -6.94. The lowest BCUT2D eigenvalue weighted by Crippen LogP contribution is -2.24. The predicted molar refractivity (Wildman–Crippen MR) is 195 cm³/mol. The molecule has 0 saturated heterocycles. The van der Waals surface area contributed by atoms with E-state index in [2.05, 4.69) is 9.97 Å². The highest BCUT2D eigenvalue weighted by molar-refractivity contribution is 6.12. The largest absolute Gasteiger partial charge is 0.421 e. The van der Waals surface area contributed by atoms with Crippen molar-refractivity contribution in [1.29, 1.82) is 0 Å². The molecule has 10 heteroatoms. The van der Waals surface area contributed by atoms with Crippen LogP contribution in [-0.2, 0) is 9.59 Å². The van der Waals surface area contributed by atoms with Gasteiger partial charge in [0.25, 0.3) is 0 Å². The number of esters is 2. The lowest BCUT2D eigenvalue weighted by molar-refractivity contribution is -0.131. The van der Waals surface area contributed by atoms with Gasteiger partial charge in [0.1, 0.15) is 11.0 Å². The van der Waals surface area contributed by atoms with Crippen LogP contribution in [0.2, 0.25) is 0 Å². The van der Waals surface area contributed by atoms with Crippen molar-refractivity contribution in [2.75, 3.05) is 24.1 Å². The van der Waals surface area contributed by atoms with Gasteiger partial charge in [-0.15, -0.1) is 0 Å². The summed E-state index contributed by atoms with van der Waals surface area (Å²) in [6, 6.07) is 34.7. The molecule has 0 aliphatic heterocycles. The van der Waals surface area contributed by atoms with Crippen molar-refractivity contribution in [2.45, 2.75) is 0 Å². The van der Waals surface area contributed by atoms with Crippen molar-refractivity contribution in [3.63, 3.8) is 0 Å². The molecule has 4 aromatic carbocycles. The lowest BCUT2D eigenvalue weighted by Gasteiger charge is -2.23. The Labute approximate surface area is 286 Å². The SMILES string of the molecule is CN(c1ccncc1)n1c2ccccc2c2cccc(OC(=O)/C=C\C(=O)Oc3cccc4c5ccccc5n(N(C)c5ccncc5)c34)c21. The van der Waals surface area contributed by atoms with E-state index in [-0.39, 0.29) is 0 Å². The van der Waals surface area contributed by atoms with Gasteiger partial charge < -0.3 is 9.47 Å². The number of anilines is 2. The summed E-state index contributed by atoms with van der Waals surface area (Å²) in [6.45, 7) is 0. The van der Waals surface area contributed by atoms with Crippen LogP contribution in [0.25, 0.3) is 43.6 Å². The maximum Gasteiger partial charge on any atom is 0.336 e. The molecule has 8 aromatic rings. The van der Waals surface area contributed by atoms with E-state index < -0.39 is 11.9 Å². The molecule has 0 unspecified atom stereocenters. The average molecular weight is 659 g/mol. The Bertz CT molecular complexity index is 2400. The zero-order valence-corrected chi connectivity index (χ0v) is 27.2. The second-order valence-electron chi connectivity index (χ2n) is 11.6. The molecule has 0 radical (unpaired) electrons. The lowest BCUT2D eigenvalue weighted by atomic mass is 10.1. The highest BCUT2D eigenvalue weighted by atomic mass is 16.5. The molecule has 10 nitrogen and oxygen atoms in total. The van der Waals surface area contributed by atoms with E-state index in [0.717, 1.165) is 56.1 Å². The van der Waals surface area contributed by atoms with Gasteiger partial charge in [0.05, 0.1) is 22.4 Å². The highest BCUT2D eigenvalue weighted by Gasteiger charge is 2.21. The standard InChI is InChI=1S/C40H30N6O4/c1-43(27-19-23-41-24-20-27)45-33-13-5-3-9-29(33)31-11-7-15-35(39(31)45)49-37(47)17-18-38(48)50-36-16-8-12-32-30-10-4-6-14-34(30)46(40(32)36)44(2)28-21-25-42-26-22-28/h3-26H,1-2H3/b18-17-. The second kappa shape index (κ2) is 12.6. The van der Waals surface area contributed by atoms with Gasteiger partial charge in [-0.2, -0.15) is 0 Å². The van der Waals surface area contributed by atoms with E-state index in [0.29, 0.717) is 22.5 Å². The normalized spacial score (nSPS) is 11.5. The van der Waals surface area contributed by atoms with Crippen LogP contribution >= 0.6 is 0 Å². The summed E-state index contributed by atoms with van der Waals surface area (Å²) in [5, 5.41) is 7.78. The van der Waals surface area contributed by atoms with Crippen molar-refractivity contribution in [3.05, 3.63) is 146 Å². The van der Waals surface area contributed by atoms with Crippen LogP contribution in [0.4, 0.5) is 11.4 Å². The van der Waals surface area contributed by atoms with Crippen LogP contribution in [0.15, 0.2) is 146 Å². The Balaban J connectivity index is 1.10. The van der Waals surface area contributed by atoms with Crippen LogP contribution < -0.4 is 19.5 Å². The van der Waals surface area contributed by atoms with E-state index in [9.17, 15) is 9.59 Å². The zero-order chi connectivity index (χ0) is 34.2. The molecule has 4 aromatic heterocycles. The molecule has 0 N–H and O–H groups in total. The molecule has 0 aliphatic rings. The minimum atomic E-state index is -0.720. The van der Waals surface area contributed by atoms with Crippen molar-refractivity contribution in [2.24, 2.45) is 0 Å². The van der Waals surface area contributed by atoms with Gasteiger partial charge >= 0.3 is 11.9 Å². The predicted octanol–water partition coefficient (Wildman–Crippen LogP) is 7.56. The minimum absolute atomic E-state index is 0.344. The van der Waals surface area contributed by atoms with Crippen molar-refractivity contribution >= 4 is 66.9 Å². The monoisotopic (exact) mass is 658 g/mol. The smallest absolute Gasteiger partial charge is 0.336 e. The molecule has 0 bridgehead atoms. The molecule has 0 spiro atoms. The number of carbonyl (C=O) groups is 2. The summed E-state index contributed by atoms with van der Waals surface area (Å²) in [6.07, 6.45) is 9.07. The summed E-state index contributed by atoms with van der Waals surface area (Å²) >= 11 is 0. The van der Waals surface area contributed by atoms with Gasteiger partial charge in [-0.1, -0.05) is 60.7 Å². The summed E-state index contributed by atoms with van der Waals surface area (Å²) in [4.78, 5) is 34.8. The highest BCUT2D eigenvalue weighted by Crippen LogP contribution is 2.38. The zero-order valence-electron chi connectivity index (χ0n) is 27.2. The molecular formula is C40H30N6O4. The molecule has 0 atom stereocenters. The first-order chi connectivity index (χ1) is 24.5. The number of hydrogen-bond donors (Lipinski definition) is 0. The van der Waals surface area contributed by atoms with E-state index in [4.69, 9.17) is 9.47 Å². The molecule has 4 heterocycles. The van der Waals surface area contributed by atoms with E-state index >= 15 is 0 Å². The van der Waals surface area contributed by atoms with Crippen LogP contribution in [-0.4, -0.2) is 45.4 Å². The van der Waals surface area contributed by atoms with E-state index in [1.54, 1.807) is 36.9 Å². The van der Waals surface area contributed by atoms with Gasteiger partial charge in [0, 0.05) is 72.6 Å². The fourth-order valence-electron chi connectivity index (χ4n) is 6.49. The fourth-order valence-corrected chi connectivity index (χ4v) is 6.49. The number of ether oxygens (including phenoxy) is 2. The van der Waals surface area contributed by atoms with Gasteiger partial charge in [-0.25, -0.2) is 18.9 Å². The Kier molecular flexibility index (Phi) is 7.65. The quantitative estimate of drug-likeness (QED) is 0.0938. The van der Waals surface area contributed by atoms with Crippen LogP contribution in [0.5, 0.6) is 11.5 Å². The summed E-state index contributed by atoms with van der Waals surface area (Å²) in [7, 11) is 3.87. The number of fused-ring (bicyclic) bond motifs is 6. The van der Waals surface area contributed by atoms with E-state index in [1.165, 1.54) is 0 Å². The van der Waals surface area contributed by atoms with Gasteiger partial charge in [-0.3, -0.25) is 20.0 Å². The van der Waals surface area contributed by atoms with Gasteiger partial charge in [0.2, 0.25) is 0 Å². The maximum atomic E-state index is 13.2. The third kappa shape index (κ3) is 5.25.